The fraction of sp³-hybridized carbons (Fsp3) is 0. The van der Waals surface area contributed by atoms with Crippen molar-refractivity contribution in [3.8, 4) is 55.6 Å². The third-order valence-corrected chi connectivity index (χ3v) is 14.4. The first-order valence-corrected chi connectivity index (χ1v) is 23.6. The summed E-state index contributed by atoms with van der Waals surface area (Å²) in [5.41, 5.74) is 16.6. The van der Waals surface area contributed by atoms with Crippen LogP contribution in [0.25, 0.3) is 109 Å². The van der Waals surface area contributed by atoms with Crippen molar-refractivity contribution in [2.75, 3.05) is 4.90 Å². The van der Waals surface area contributed by atoms with E-state index in [0.717, 1.165) is 66.8 Å². The minimum atomic E-state index is 0.858. The lowest BCUT2D eigenvalue weighted by Gasteiger charge is -2.27. The zero-order valence-electron chi connectivity index (χ0n) is 36.4. The number of furan rings is 1. The van der Waals surface area contributed by atoms with Crippen LogP contribution in [-0.2, 0) is 0 Å². The molecular formula is C64H41NOS. The average Bonchev–Trinajstić information content (AvgIpc) is 3.98. The van der Waals surface area contributed by atoms with Crippen molar-refractivity contribution in [1.82, 2.24) is 0 Å². The molecular weight excluding hydrogens is 831 g/mol. The molecule has 2 aromatic heterocycles. The number of anilines is 3. The van der Waals surface area contributed by atoms with Gasteiger partial charge < -0.3 is 9.32 Å². The molecule has 0 bridgehead atoms. The molecule has 0 saturated carbocycles. The standard InChI is InChI=1S/C64H41NOS/c1-4-13-42(14-5-1)49-30-35-57-60(39-49)66-64-55(47-17-8-3-9-18-47)36-37-59(63(57)64)65(52-33-38-61-58(41-52)56-34-29-50(40-62(56)67-61)43-15-6-2-7-16-43)51-31-27-45(28-32-51)44-23-25-48(26-24-44)54-22-12-20-46-19-10-11-21-53(46)54/h1-41H. The molecule has 0 unspecified atom stereocenters. The molecule has 3 heteroatoms. The minimum Gasteiger partial charge on any atom is -0.455 e. The van der Waals surface area contributed by atoms with E-state index < -0.39 is 0 Å². The maximum atomic E-state index is 7.04. The molecule has 2 heterocycles. The fourth-order valence-electron chi connectivity index (χ4n) is 9.97. The molecule has 0 N–H and O–H groups in total. The third kappa shape index (κ3) is 6.88. The molecule has 0 saturated heterocycles. The van der Waals surface area contributed by atoms with Gasteiger partial charge >= 0.3 is 0 Å². The molecule has 67 heavy (non-hydrogen) atoms. The molecule has 0 aliphatic rings. The lowest BCUT2D eigenvalue weighted by atomic mass is 9.96. The molecule has 11 aromatic carbocycles. The first-order valence-electron chi connectivity index (χ1n) is 22.8. The van der Waals surface area contributed by atoms with Crippen molar-refractivity contribution < 1.29 is 4.42 Å². The number of rotatable bonds is 8. The van der Waals surface area contributed by atoms with Crippen molar-refractivity contribution in [2.24, 2.45) is 0 Å². The van der Waals surface area contributed by atoms with Gasteiger partial charge in [-0.05, 0) is 122 Å². The SMILES string of the molecule is c1ccc(-c2ccc3c(c2)oc2c(-c4ccccc4)ccc(N(c4ccc(-c5ccc(-c6cccc7ccccc67)cc5)cc4)c4ccc5sc6cc(-c7ccccc7)ccc6c5c4)c23)cc1. The summed E-state index contributed by atoms with van der Waals surface area (Å²) in [7, 11) is 0. The van der Waals surface area contributed by atoms with Crippen molar-refractivity contribution in [3.63, 3.8) is 0 Å². The molecule has 0 aliphatic heterocycles. The quantitative estimate of drug-likeness (QED) is 0.151. The van der Waals surface area contributed by atoms with E-state index in [1.807, 2.05) is 11.3 Å². The Morgan fingerprint density at radius 1 is 0.313 bits per heavy atom. The number of fused-ring (bicyclic) bond motifs is 7. The van der Waals surface area contributed by atoms with E-state index in [1.165, 1.54) is 58.8 Å². The zero-order valence-corrected chi connectivity index (χ0v) is 37.3. The van der Waals surface area contributed by atoms with Crippen LogP contribution in [0.5, 0.6) is 0 Å². The molecule has 0 radical (unpaired) electrons. The Hall–Kier alpha value is -8.50. The Bertz CT molecular complexity index is 3940. The smallest absolute Gasteiger partial charge is 0.145 e. The van der Waals surface area contributed by atoms with Crippen LogP contribution in [0.15, 0.2) is 253 Å². The molecule has 0 fully saturated rings. The highest BCUT2D eigenvalue weighted by molar-refractivity contribution is 7.25. The van der Waals surface area contributed by atoms with E-state index in [-0.39, 0.29) is 0 Å². The highest BCUT2D eigenvalue weighted by Gasteiger charge is 2.23. The van der Waals surface area contributed by atoms with Crippen LogP contribution >= 0.6 is 11.3 Å². The van der Waals surface area contributed by atoms with Crippen LogP contribution in [0.4, 0.5) is 17.1 Å². The first kappa shape index (κ1) is 38.9. The first-order chi connectivity index (χ1) is 33.2. The summed E-state index contributed by atoms with van der Waals surface area (Å²) < 4.78 is 9.58. The van der Waals surface area contributed by atoms with Gasteiger partial charge in [0.25, 0.3) is 0 Å². The van der Waals surface area contributed by atoms with Gasteiger partial charge in [0.1, 0.15) is 11.2 Å². The van der Waals surface area contributed by atoms with Gasteiger partial charge in [0.2, 0.25) is 0 Å². The number of hydrogen-bond donors (Lipinski definition) is 0. The Balaban J connectivity index is 0.978. The van der Waals surface area contributed by atoms with Gasteiger partial charge in [-0.2, -0.15) is 0 Å². The summed E-state index contributed by atoms with van der Waals surface area (Å²) in [5, 5.41) is 7.17. The van der Waals surface area contributed by atoms with E-state index in [9.17, 15) is 0 Å². The predicted octanol–water partition coefficient (Wildman–Crippen LogP) is 18.9. The number of benzene rings is 11. The highest BCUT2D eigenvalue weighted by atomic mass is 32.1. The minimum absolute atomic E-state index is 0.858. The van der Waals surface area contributed by atoms with E-state index in [0.29, 0.717) is 0 Å². The maximum Gasteiger partial charge on any atom is 0.145 e. The van der Waals surface area contributed by atoms with Gasteiger partial charge in [-0.3, -0.25) is 0 Å². The predicted molar refractivity (Wildman–Crippen MR) is 286 cm³/mol. The summed E-state index contributed by atoms with van der Waals surface area (Å²) in [6.45, 7) is 0. The van der Waals surface area contributed by atoms with Gasteiger partial charge in [0, 0.05) is 42.5 Å². The van der Waals surface area contributed by atoms with Gasteiger partial charge in [0.05, 0.1) is 11.1 Å². The van der Waals surface area contributed by atoms with Crippen molar-refractivity contribution in [2.45, 2.75) is 0 Å². The molecule has 0 aliphatic carbocycles. The van der Waals surface area contributed by atoms with E-state index in [2.05, 4.69) is 254 Å². The van der Waals surface area contributed by atoms with Gasteiger partial charge in [-0.25, -0.2) is 0 Å². The molecule has 0 atom stereocenters. The Labute approximate surface area is 392 Å². The zero-order chi connectivity index (χ0) is 44.3. The number of nitrogens with zero attached hydrogens (tertiary/aromatic N) is 1. The van der Waals surface area contributed by atoms with Crippen molar-refractivity contribution in [3.05, 3.63) is 249 Å². The molecule has 13 rings (SSSR count). The van der Waals surface area contributed by atoms with E-state index >= 15 is 0 Å². The van der Waals surface area contributed by atoms with Crippen LogP contribution in [0.1, 0.15) is 0 Å². The second-order valence-electron chi connectivity index (χ2n) is 17.2. The summed E-state index contributed by atoms with van der Waals surface area (Å²) >= 11 is 1.85. The Morgan fingerprint density at radius 2 is 0.866 bits per heavy atom. The van der Waals surface area contributed by atoms with Crippen LogP contribution in [-0.4, -0.2) is 0 Å². The van der Waals surface area contributed by atoms with Gasteiger partial charge in [-0.1, -0.05) is 188 Å². The Morgan fingerprint density at radius 3 is 1.60 bits per heavy atom. The number of hydrogen-bond acceptors (Lipinski definition) is 3. The second-order valence-corrected chi connectivity index (χ2v) is 18.3. The maximum absolute atomic E-state index is 7.04. The van der Waals surface area contributed by atoms with Crippen LogP contribution in [0.2, 0.25) is 0 Å². The Kier molecular flexibility index (Phi) is 9.40. The van der Waals surface area contributed by atoms with E-state index in [4.69, 9.17) is 4.42 Å². The largest absolute Gasteiger partial charge is 0.455 e. The fourth-order valence-corrected chi connectivity index (χ4v) is 11.1. The lowest BCUT2D eigenvalue weighted by Crippen LogP contribution is -2.10. The lowest BCUT2D eigenvalue weighted by molar-refractivity contribution is 0.670. The monoisotopic (exact) mass is 871 g/mol. The van der Waals surface area contributed by atoms with Crippen LogP contribution in [0, 0.1) is 0 Å². The van der Waals surface area contributed by atoms with Crippen LogP contribution in [0.3, 0.4) is 0 Å². The molecule has 0 spiro atoms. The summed E-state index contributed by atoms with van der Waals surface area (Å²) in [6, 6.07) is 90.0. The third-order valence-electron chi connectivity index (χ3n) is 13.3. The molecule has 2 nitrogen and oxygen atoms in total. The van der Waals surface area contributed by atoms with Gasteiger partial charge in [0.15, 0.2) is 0 Å². The summed E-state index contributed by atoms with van der Waals surface area (Å²) in [6.07, 6.45) is 0. The normalized spacial score (nSPS) is 11.6. The van der Waals surface area contributed by atoms with Crippen molar-refractivity contribution >= 4 is 81.3 Å². The summed E-state index contributed by atoms with van der Waals surface area (Å²) in [4.78, 5) is 2.42. The van der Waals surface area contributed by atoms with Gasteiger partial charge in [-0.15, -0.1) is 11.3 Å². The number of thiophene rings is 1. The van der Waals surface area contributed by atoms with Crippen molar-refractivity contribution in [1.29, 1.82) is 0 Å². The topological polar surface area (TPSA) is 16.4 Å². The molecule has 13 aromatic rings. The molecule has 0 amide bonds. The second kappa shape index (κ2) is 16.2. The average molecular weight is 872 g/mol. The van der Waals surface area contributed by atoms with E-state index in [1.54, 1.807) is 0 Å². The van der Waals surface area contributed by atoms with Crippen LogP contribution < -0.4 is 4.90 Å². The molecule has 314 valence electrons. The highest BCUT2D eigenvalue weighted by Crippen LogP contribution is 2.48. The summed E-state index contributed by atoms with van der Waals surface area (Å²) in [5.74, 6) is 0.